The van der Waals surface area contributed by atoms with E-state index in [1.54, 1.807) is 4.90 Å². The zero-order valence-corrected chi connectivity index (χ0v) is 18.5. The summed E-state index contributed by atoms with van der Waals surface area (Å²) in [5.41, 5.74) is 2.72. The maximum Gasteiger partial charge on any atom is 0.229 e. The molecule has 2 saturated heterocycles. The van der Waals surface area contributed by atoms with Crippen LogP contribution >= 0.6 is 23.4 Å². The Morgan fingerprint density at radius 1 is 0.871 bits per heavy atom. The lowest BCUT2D eigenvalue weighted by Crippen LogP contribution is -2.46. The first-order valence-corrected chi connectivity index (χ1v) is 11.8. The molecule has 0 unspecified atom stereocenters. The topological polar surface area (TPSA) is 78.4 Å². The Morgan fingerprint density at radius 2 is 1.61 bits per heavy atom. The second-order valence-electron chi connectivity index (χ2n) is 7.48. The number of amides is 1. The van der Waals surface area contributed by atoms with Gasteiger partial charge in [0, 0.05) is 56.3 Å². The van der Waals surface area contributed by atoms with Crippen molar-refractivity contribution in [2.75, 3.05) is 60.6 Å². The average molecular weight is 456 g/mol. The molecule has 2 aromatic heterocycles. The number of rotatable bonds is 4. The maximum absolute atomic E-state index is 11.1. The van der Waals surface area contributed by atoms with Crippen LogP contribution in [0, 0.1) is 0 Å². The largest absolute Gasteiger partial charge is 0.353 e. The summed E-state index contributed by atoms with van der Waals surface area (Å²) in [6.07, 6.45) is 0.895. The van der Waals surface area contributed by atoms with Gasteiger partial charge in [-0.25, -0.2) is 9.97 Å². The van der Waals surface area contributed by atoms with E-state index in [0.717, 1.165) is 42.4 Å². The lowest BCUT2D eigenvalue weighted by molar-refractivity contribution is -0.118. The fourth-order valence-electron chi connectivity index (χ4n) is 3.85. The quantitative estimate of drug-likeness (QED) is 0.555. The summed E-state index contributed by atoms with van der Waals surface area (Å²) in [6, 6.07) is 9.82. The molecule has 160 valence electrons. The number of piperazine rings is 1. The van der Waals surface area contributed by atoms with Crippen LogP contribution in [0.25, 0.3) is 22.4 Å². The molecule has 0 spiro atoms. The van der Waals surface area contributed by atoms with E-state index < -0.39 is 0 Å². The molecule has 8 nitrogen and oxygen atoms in total. The minimum absolute atomic E-state index is 0.328. The normalized spacial score (nSPS) is 17.3. The van der Waals surface area contributed by atoms with Gasteiger partial charge in [0.25, 0.3) is 0 Å². The molecule has 1 amide bonds. The molecule has 4 heterocycles. The predicted molar refractivity (Wildman–Crippen MR) is 125 cm³/mol. The second kappa shape index (κ2) is 8.84. The number of nitrogens with zero attached hydrogens (tertiary/aromatic N) is 7. The predicted octanol–water partition coefficient (Wildman–Crippen LogP) is 2.57. The van der Waals surface area contributed by atoms with Crippen LogP contribution in [0.1, 0.15) is 0 Å². The van der Waals surface area contributed by atoms with Crippen molar-refractivity contribution >= 4 is 52.7 Å². The van der Waals surface area contributed by atoms with E-state index in [4.69, 9.17) is 26.6 Å². The van der Waals surface area contributed by atoms with Crippen LogP contribution in [0.3, 0.4) is 0 Å². The number of fused-ring (bicyclic) bond motifs is 1. The number of halogens is 1. The zero-order valence-electron chi connectivity index (χ0n) is 16.9. The Hall–Kier alpha value is -2.65. The molecule has 1 aromatic carbocycles. The van der Waals surface area contributed by atoms with Crippen molar-refractivity contribution in [2.24, 2.45) is 0 Å². The molecule has 2 aliphatic heterocycles. The first kappa shape index (κ1) is 20.3. The fraction of sp³-hybridized carbons (Fsp3) is 0.381. The summed E-state index contributed by atoms with van der Waals surface area (Å²) in [5.74, 6) is 3.51. The highest BCUT2D eigenvalue weighted by atomic mass is 35.5. The average Bonchev–Trinajstić information content (AvgIpc) is 2.84. The fourth-order valence-corrected chi connectivity index (χ4v) is 4.98. The standard InChI is InChI=1S/C21H22ClN7OS/c22-18-16(15-4-2-1-3-5-15)23-17-19(24-18)25-21(29-8-6-27(14-30)7-9-29)26-20(17)28-10-12-31-13-11-28/h1-5,14H,6-13H2. The third-order valence-corrected chi connectivity index (χ3v) is 6.77. The lowest BCUT2D eigenvalue weighted by atomic mass is 10.1. The number of hydrogen-bond donors (Lipinski definition) is 0. The Labute approximate surface area is 189 Å². The number of benzene rings is 1. The van der Waals surface area contributed by atoms with Crippen molar-refractivity contribution in [1.29, 1.82) is 0 Å². The van der Waals surface area contributed by atoms with Crippen LogP contribution in [0.4, 0.5) is 11.8 Å². The van der Waals surface area contributed by atoms with E-state index in [1.807, 2.05) is 42.1 Å². The van der Waals surface area contributed by atoms with Crippen molar-refractivity contribution in [1.82, 2.24) is 24.8 Å². The number of aromatic nitrogens is 4. The summed E-state index contributed by atoms with van der Waals surface area (Å²) in [5, 5.41) is 0.328. The minimum Gasteiger partial charge on any atom is -0.353 e. The van der Waals surface area contributed by atoms with E-state index in [9.17, 15) is 4.79 Å². The smallest absolute Gasteiger partial charge is 0.229 e. The van der Waals surface area contributed by atoms with Crippen LogP contribution in [-0.2, 0) is 4.79 Å². The zero-order chi connectivity index (χ0) is 21.2. The third kappa shape index (κ3) is 4.12. The molecule has 0 aliphatic carbocycles. The molecular weight excluding hydrogens is 434 g/mol. The summed E-state index contributed by atoms with van der Waals surface area (Å²) in [4.78, 5) is 36.4. The van der Waals surface area contributed by atoms with E-state index in [0.29, 0.717) is 54.1 Å². The van der Waals surface area contributed by atoms with Gasteiger partial charge in [0.1, 0.15) is 5.69 Å². The van der Waals surface area contributed by atoms with Gasteiger partial charge in [0.05, 0.1) is 0 Å². The highest BCUT2D eigenvalue weighted by Crippen LogP contribution is 2.32. The van der Waals surface area contributed by atoms with Crippen LogP contribution in [0.2, 0.25) is 5.15 Å². The molecule has 2 aliphatic rings. The van der Waals surface area contributed by atoms with Gasteiger partial charge in [-0.05, 0) is 0 Å². The molecule has 0 N–H and O–H groups in total. The highest BCUT2D eigenvalue weighted by Gasteiger charge is 2.24. The van der Waals surface area contributed by atoms with E-state index >= 15 is 0 Å². The molecule has 0 atom stereocenters. The van der Waals surface area contributed by atoms with E-state index in [2.05, 4.69) is 14.8 Å². The number of carbonyl (C=O) groups excluding carboxylic acids is 1. The third-order valence-electron chi connectivity index (χ3n) is 5.56. The maximum atomic E-state index is 11.1. The van der Waals surface area contributed by atoms with Crippen molar-refractivity contribution < 1.29 is 4.79 Å². The molecule has 0 radical (unpaired) electrons. The first-order valence-electron chi connectivity index (χ1n) is 10.3. The number of carbonyl (C=O) groups is 1. The van der Waals surface area contributed by atoms with Gasteiger partial charge in [0.2, 0.25) is 12.4 Å². The summed E-state index contributed by atoms with van der Waals surface area (Å²) in [6.45, 7) is 4.48. The molecule has 0 bridgehead atoms. The molecule has 5 rings (SSSR count). The van der Waals surface area contributed by atoms with Gasteiger partial charge >= 0.3 is 0 Å². The van der Waals surface area contributed by atoms with Crippen molar-refractivity contribution in [3.05, 3.63) is 35.5 Å². The van der Waals surface area contributed by atoms with Crippen molar-refractivity contribution in [2.45, 2.75) is 0 Å². The van der Waals surface area contributed by atoms with Gasteiger partial charge in [-0.2, -0.15) is 21.7 Å². The Bertz CT molecular complexity index is 1090. The molecular formula is C21H22ClN7OS. The van der Waals surface area contributed by atoms with Gasteiger partial charge in [0.15, 0.2) is 22.1 Å². The summed E-state index contributed by atoms with van der Waals surface area (Å²) < 4.78 is 0. The molecule has 31 heavy (non-hydrogen) atoms. The van der Waals surface area contributed by atoms with Crippen LogP contribution < -0.4 is 9.80 Å². The molecule has 3 aromatic rings. The Balaban J connectivity index is 1.61. The van der Waals surface area contributed by atoms with Crippen molar-refractivity contribution in [3.63, 3.8) is 0 Å². The highest BCUT2D eigenvalue weighted by molar-refractivity contribution is 7.99. The van der Waals surface area contributed by atoms with Crippen LogP contribution in [-0.4, -0.2) is 82.0 Å². The van der Waals surface area contributed by atoms with Gasteiger partial charge < -0.3 is 14.7 Å². The van der Waals surface area contributed by atoms with Gasteiger partial charge in [-0.15, -0.1) is 0 Å². The van der Waals surface area contributed by atoms with Gasteiger partial charge in [-0.1, -0.05) is 41.9 Å². The Kier molecular flexibility index (Phi) is 5.78. The van der Waals surface area contributed by atoms with Crippen LogP contribution in [0.5, 0.6) is 0 Å². The van der Waals surface area contributed by atoms with E-state index in [-0.39, 0.29) is 0 Å². The van der Waals surface area contributed by atoms with Gasteiger partial charge in [-0.3, -0.25) is 4.79 Å². The molecule has 10 heteroatoms. The second-order valence-corrected chi connectivity index (χ2v) is 9.06. The first-order chi connectivity index (χ1) is 15.2. The minimum atomic E-state index is 0.328. The number of thioether (sulfide) groups is 1. The number of hydrogen-bond acceptors (Lipinski definition) is 8. The monoisotopic (exact) mass is 455 g/mol. The lowest BCUT2D eigenvalue weighted by Gasteiger charge is -2.33. The van der Waals surface area contributed by atoms with Crippen LogP contribution in [0.15, 0.2) is 30.3 Å². The Morgan fingerprint density at radius 3 is 2.32 bits per heavy atom. The molecule has 2 fully saturated rings. The summed E-state index contributed by atoms with van der Waals surface area (Å²) >= 11 is 8.49. The number of anilines is 2. The SMILES string of the molecule is O=CN1CCN(c2nc(N3CCSCC3)c3nc(-c4ccccc4)c(Cl)nc3n2)CC1. The molecule has 0 saturated carbocycles. The van der Waals surface area contributed by atoms with Crippen molar-refractivity contribution in [3.8, 4) is 11.3 Å². The summed E-state index contributed by atoms with van der Waals surface area (Å²) in [7, 11) is 0. The van der Waals surface area contributed by atoms with E-state index in [1.165, 1.54) is 0 Å².